The summed E-state index contributed by atoms with van der Waals surface area (Å²) in [5.41, 5.74) is 7.77. The maximum Gasteiger partial charge on any atom is 0.245 e. The van der Waals surface area contributed by atoms with Crippen LogP contribution in [0.15, 0.2) is 24.3 Å². The Labute approximate surface area is 92.0 Å². The number of nitrogens with one attached hydrogen (secondary N) is 1. The molecule has 0 saturated heterocycles. The number of carbonyl (C=O) groups excluding carboxylic acids is 1. The quantitative estimate of drug-likeness (QED) is 0.467. The molecule has 1 rings (SSSR count). The fourth-order valence-electron chi connectivity index (χ4n) is 1.06. The highest BCUT2D eigenvalue weighted by Crippen LogP contribution is 2.12. The van der Waals surface area contributed by atoms with E-state index in [2.05, 4.69) is 10.3 Å². The van der Waals surface area contributed by atoms with Gasteiger partial charge in [0.25, 0.3) is 0 Å². The minimum absolute atomic E-state index is 0.0823. The van der Waals surface area contributed by atoms with Gasteiger partial charge >= 0.3 is 0 Å². The Balaban J connectivity index is 2.32. The summed E-state index contributed by atoms with van der Waals surface area (Å²) in [6.07, 6.45) is -0.839. The van der Waals surface area contributed by atoms with Crippen molar-refractivity contribution in [3.8, 4) is 0 Å². The van der Waals surface area contributed by atoms with Gasteiger partial charge < -0.3 is 10.8 Å². The van der Waals surface area contributed by atoms with Crippen molar-refractivity contribution in [3.05, 3.63) is 35.6 Å². The van der Waals surface area contributed by atoms with Gasteiger partial charge in [0.2, 0.25) is 5.91 Å². The van der Waals surface area contributed by atoms with Crippen LogP contribution in [0, 0.1) is 5.82 Å². The molecule has 1 atom stereocenters. The van der Waals surface area contributed by atoms with Crippen molar-refractivity contribution in [1.29, 1.82) is 0 Å². The van der Waals surface area contributed by atoms with Gasteiger partial charge in [0, 0.05) is 0 Å². The number of hydroxylamine groups is 1. The van der Waals surface area contributed by atoms with Crippen LogP contribution in [-0.4, -0.2) is 24.2 Å². The van der Waals surface area contributed by atoms with Crippen molar-refractivity contribution in [2.45, 2.75) is 6.10 Å². The van der Waals surface area contributed by atoms with Crippen LogP contribution in [0.2, 0.25) is 0 Å². The number of benzene rings is 1. The van der Waals surface area contributed by atoms with E-state index in [1.807, 2.05) is 0 Å². The molecule has 0 aromatic heterocycles. The molecule has 0 heterocycles. The Morgan fingerprint density at radius 3 is 2.69 bits per heavy atom. The summed E-state index contributed by atoms with van der Waals surface area (Å²) in [5.74, 6) is -0.974. The molecular formula is C10H13FN2O3. The standard InChI is InChI=1S/C10H13FN2O3/c11-8-3-1-7(2-4-8)9(14)5-13-16-6-10(12)15/h1-4,9,13-14H,5-6H2,(H2,12,15). The Morgan fingerprint density at radius 1 is 1.50 bits per heavy atom. The average molecular weight is 228 g/mol. The van der Waals surface area contributed by atoms with Crippen LogP contribution < -0.4 is 11.2 Å². The molecule has 0 aliphatic heterocycles. The molecule has 0 fully saturated rings. The molecule has 0 spiro atoms. The van der Waals surface area contributed by atoms with E-state index in [4.69, 9.17) is 5.73 Å². The van der Waals surface area contributed by atoms with Gasteiger partial charge in [-0.3, -0.25) is 9.63 Å². The predicted molar refractivity (Wildman–Crippen MR) is 54.5 cm³/mol. The van der Waals surface area contributed by atoms with E-state index in [0.717, 1.165) is 0 Å². The van der Waals surface area contributed by atoms with Crippen molar-refractivity contribution in [1.82, 2.24) is 5.48 Å². The molecule has 6 heteroatoms. The summed E-state index contributed by atoms with van der Waals surface area (Å²) in [6, 6.07) is 5.44. The molecule has 0 radical (unpaired) electrons. The number of halogens is 1. The lowest BCUT2D eigenvalue weighted by Gasteiger charge is -2.11. The van der Waals surface area contributed by atoms with Gasteiger partial charge in [-0.15, -0.1) is 0 Å². The molecule has 16 heavy (non-hydrogen) atoms. The molecule has 0 aliphatic rings. The number of nitrogens with two attached hydrogens (primary N) is 1. The second-order valence-electron chi connectivity index (χ2n) is 3.17. The van der Waals surface area contributed by atoms with Gasteiger partial charge in [0.05, 0.1) is 12.6 Å². The lowest BCUT2D eigenvalue weighted by atomic mass is 10.1. The number of aliphatic hydroxyl groups excluding tert-OH is 1. The lowest BCUT2D eigenvalue weighted by Crippen LogP contribution is -2.27. The van der Waals surface area contributed by atoms with Gasteiger partial charge in [-0.25, -0.2) is 4.39 Å². The number of rotatable bonds is 6. The summed E-state index contributed by atoms with van der Waals surface area (Å²) < 4.78 is 12.6. The topological polar surface area (TPSA) is 84.6 Å². The van der Waals surface area contributed by atoms with E-state index >= 15 is 0 Å². The number of aliphatic hydroxyl groups is 1. The molecule has 0 aliphatic carbocycles. The smallest absolute Gasteiger partial charge is 0.245 e. The summed E-state index contributed by atoms with van der Waals surface area (Å²) in [4.78, 5) is 15.0. The number of hydrogen-bond acceptors (Lipinski definition) is 4. The first-order valence-electron chi connectivity index (χ1n) is 4.66. The molecule has 0 bridgehead atoms. The Kier molecular flexibility index (Phi) is 4.84. The first-order chi connectivity index (χ1) is 7.59. The second-order valence-corrected chi connectivity index (χ2v) is 3.17. The Morgan fingerprint density at radius 2 is 2.12 bits per heavy atom. The van der Waals surface area contributed by atoms with Crippen LogP contribution in [0.3, 0.4) is 0 Å². The molecule has 1 amide bonds. The number of hydrogen-bond donors (Lipinski definition) is 3. The van der Waals surface area contributed by atoms with Crippen molar-refractivity contribution in [2.24, 2.45) is 5.73 Å². The predicted octanol–water partition coefficient (Wildman–Crippen LogP) is -0.134. The maximum atomic E-state index is 12.6. The first kappa shape index (κ1) is 12.6. The SMILES string of the molecule is NC(=O)CONCC(O)c1ccc(F)cc1. The van der Waals surface area contributed by atoms with E-state index in [1.165, 1.54) is 24.3 Å². The van der Waals surface area contributed by atoms with Crippen LogP contribution in [0.25, 0.3) is 0 Å². The molecule has 1 aromatic carbocycles. The van der Waals surface area contributed by atoms with Crippen LogP contribution in [0.5, 0.6) is 0 Å². The fraction of sp³-hybridized carbons (Fsp3) is 0.300. The number of carbonyl (C=O) groups is 1. The maximum absolute atomic E-state index is 12.6. The van der Waals surface area contributed by atoms with Crippen molar-refractivity contribution < 1.29 is 19.1 Å². The summed E-state index contributed by atoms with van der Waals surface area (Å²) in [7, 11) is 0. The highest BCUT2D eigenvalue weighted by molar-refractivity contribution is 5.74. The van der Waals surface area contributed by atoms with Crippen LogP contribution >= 0.6 is 0 Å². The summed E-state index contributed by atoms with van der Waals surface area (Å²) in [6.45, 7) is -0.185. The second kappa shape index (κ2) is 6.16. The van der Waals surface area contributed by atoms with Gasteiger partial charge in [0.1, 0.15) is 12.4 Å². The zero-order valence-corrected chi connectivity index (χ0v) is 8.52. The third-order valence-corrected chi connectivity index (χ3v) is 1.85. The van der Waals surface area contributed by atoms with E-state index in [0.29, 0.717) is 5.56 Å². The summed E-state index contributed by atoms with van der Waals surface area (Å²) in [5, 5.41) is 9.60. The van der Waals surface area contributed by atoms with Crippen LogP contribution in [0.1, 0.15) is 11.7 Å². The molecule has 88 valence electrons. The van der Waals surface area contributed by atoms with Crippen LogP contribution in [0.4, 0.5) is 4.39 Å². The fourth-order valence-corrected chi connectivity index (χ4v) is 1.06. The van der Waals surface area contributed by atoms with Gasteiger partial charge in [-0.05, 0) is 17.7 Å². The third kappa shape index (κ3) is 4.35. The normalized spacial score (nSPS) is 12.4. The largest absolute Gasteiger partial charge is 0.387 e. The minimum atomic E-state index is -0.839. The zero-order chi connectivity index (χ0) is 12.0. The first-order valence-corrected chi connectivity index (χ1v) is 4.66. The molecule has 5 nitrogen and oxygen atoms in total. The molecule has 0 saturated carbocycles. The van der Waals surface area contributed by atoms with E-state index in [-0.39, 0.29) is 19.0 Å². The van der Waals surface area contributed by atoms with Gasteiger partial charge in [-0.1, -0.05) is 12.1 Å². The number of primary amides is 1. The van der Waals surface area contributed by atoms with Crippen molar-refractivity contribution in [3.63, 3.8) is 0 Å². The van der Waals surface area contributed by atoms with Gasteiger partial charge in [0.15, 0.2) is 0 Å². The van der Waals surface area contributed by atoms with Crippen LogP contribution in [-0.2, 0) is 9.63 Å². The average Bonchev–Trinajstić information content (AvgIpc) is 2.25. The van der Waals surface area contributed by atoms with Crippen molar-refractivity contribution >= 4 is 5.91 Å². The van der Waals surface area contributed by atoms with Crippen molar-refractivity contribution in [2.75, 3.05) is 13.2 Å². The van der Waals surface area contributed by atoms with E-state index < -0.39 is 12.0 Å². The molecule has 1 unspecified atom stereocenters. The Hall–Kier alpha value is -1.50. The zero-order valence-electron chi connectivity index (χ0n) is 8.52. The highest BCUT2D eigenvalue weighted by atomic mass is 19.1. The lowest BCUT2D eigenvalue weighted by molar-refractivity contribution is -0.125. The monoisotopic (exact) mass is 228 g/mol. The molecule has 4 N–H and O–H groups in total. The third-order valence-electron chi connectivity index (χ3n) is 1.85. The highest BCUT2D eigenvalue weighted by Gasteiger charge is 2.07. The number of amides is 1. The van der Waals surface area contributed by atoms with E-state index in [1.54, 1.807) is 0 Å². The summed E-state index contributed by atoms with van der Waals surface area (Å²) >= 11 is 0. The van der Waals surface area contributed by atoms with Gasteiger partial charge in [-0.2, -0.15) is 5.48 Å². The molecule has 1 aromatic rings. The molecular weight excluding hydrogens is 215 g/mol. The Bertz CT molecular complexity index is 342. The minimum Gasteiger partial charge on any atom is -0.387 e. The van der Waals surface area contributed by atoms with E-state index in [9.17, 15) is 14.3 Å².